The van der Waals surface area contributed by atoms with Crippen molar-refractivity contribution in [3.8, 4) is 0 Å². The number of amides is 2. The Kier molecular flexibility index (Phi) is 4.10. The summed E-state index contributed by atoms with van der Waals surface area (Å²) in [4.78, 5) is 22.7. The molecule has 0 atom stereocenters. The monoisotopic (exact) mass is 272 g/mol. The summed E-state index contributed by atoms with van der Waals surface area (Å²) in [7, 11) is 0. The van der Waals surface area contributed by atoms with Crippen LogP contribution in [0, 0.1) is 5.82 Å². The average Bonchev–Trinajstić information content (AvgIpc) is 2.45. The molecule has 4 nitrogen and oxygen atoms in total. The molecule has 0 aliphatic heterocycles. The molecular weight excluding hydrogens is 259 g/mol. The summed E-state index contributed by atoms with van der Waals surface area (Å²) in [6, 6.07) is 12.3. The number of benzene rings is 2. The predicted molar refractivity (Wildman–Crippen MR) is 72.5 cm³/mol. The van der Waals surface area contributed by atoms with Crippen molar-refractivity contribution in [2.24, 2.45) is 5.73 Å². The maximum absolute atomic E-state index is 13.4. The van der Waals surface area contributed by atoms with Gasteiger partial charge in [0.2, 0.25) is 5.91 Å². The Bertz CT molecular complexity index is 639. The first-order chi connectivity index (χ1) is 9.58. The maximum atomic E-state index is 13.4. The van der Waals surface area contributed by atoms with Gasteiger partial charge in [-0.3, -0.25) is 9.59 Å². The predicted octanol–water partition coefficient (Wildman–Crippen LogP) is 1.85. The Labute approximate surface area is 115 Å². The van der Waals surface area contributed by atoms with Gasteiger partial charge in [0, 0.05) is 12.1 Å². The minimum atomic E-state index is -0.561. The van der Waals surface area contributed by atoms with Crippen LogP contribution in [0.3, 0.4) is 0 Å². The summed E-state index contributed by atoms with van der Waals surface area (Å²) in [5, 5.41) is 2.61. The molecule has 0 aliphatic carbocycles. The molecule has 2 aromatic carbocycles. The Morgan fingerprint density at radius 3 is 2.30 bits per heavy atom. The van der Waals surface area contributed by atoms with E-state index in [9.17, 15) is 14.0 Å². The van der Waals surface area contributed by atoms with Crippen LogP contribution in [0.25, 0.3) is 0 Å². The molecular formula is C15H13FN2O2. The highest BCUT2D eigenvalue weighted by Crippen LogP contribution is 2.07. The summed E-state index contributed by atoms with van der Waals surface area (Å²) < 4.78 is 13.4. The first-order valence-electron chi connectivity index (χ1n) is 5.99. The van der Waals surface area contributed by atoms with E-state index in [0.717, 1.165) is 5.56 Å². The lowest BCUT2D eigenvalue weighted by Crippen LogP contribution is -2.23. The molecule has 20 heavy (non-hydrogen) atoms. The van der Waals surface area contributed by atoms with Crippen molar-refractivity contribution in [1.82, 2.24) is 5.32 Å². The van der Waals surface area contributed by atoms with E-state index < -0.39 is 17.6 Å². The van der Waals surface area contributed by atoms with Crippen LogP contribution in [0.15, 0.2) is 48.5 Å². The van der Waals surface area contributed by atoms with E-state index in [1.54, 1.807) is 30.3 Å². The molecule has 5 heteroatoms. The number of rotatable bonds is 4. The van der Waals surface area contributed by atoms with Gasteiger partial charge in [0.15, 0.2) is 0 Å². The van der Waals surface area contributed by atoms with Gasteiger partial charge in [-0.15, -0.1) is 0 Å². The van der Waals surface area contributed by atoms with Crippen LogP contribution in [-0.4, -0.2) is 11.8 Å². The lowest BCUT2D eigenvalue weighted by Gasteiger charge is -2.06. The number of carbonyl (C=O) groups excluding carboxylic acids is 2. The number of halogens is 1. The number of nitrogens with one attached hydrogen (secondary N) is 1. The molecule has 0 heterocycles. The standard InChI is InChI=1S/C15H13FN2O2/c16-13-4-2-1-3-12(13)15(20)18-9-10-5-7-11(8-6-10)14(17)19/h1-8H,9H2,(H2,17,19)(H,18,20). The lowest BCUT2D eigenvalue weighted by atomic mass is 10.1. The summed E-state index contributed by atoms with van der Waals surface area (Å²) in [6.45, 7) is 0.242. The van der Waals surface area contributed by atoms with E-state index in [4.69, 9.17) is 5.73 Å². The van der Waals surface area contributed by atoms with Gasteiger partial charge in [0.05, 0.1) is 5.56 Å². The molecule has 3 N–H and O–H groups in total. The van der Waals surface area contributed by atoms with Crippen LogP contribution in [0.4, 0.5) is 4.39 Å². The van der Waals surface area contributed by atoms with Crippen LogP contribution < -0.4 is 11.1 Å². The quantitative estimate of drug-likeness (QED) is 0.891. The summed E-state index contributed by atoms with van der Waals surface area (Å²) >= 11 is 0. The lowest BCUT2D eigenvalue weighted by molar-refractivity contribution is 0.0945. The third-order valence-corrected chi connectivity index (χ3v) is 2.81. The van der Waals surface area contributed by atoms with Crippen molar-refractivity contribution in [3.05, 3.63) is 71.0 Å². The molecule has 102 valence electrons. The Morgan fingerprint density at radius 1 is 1.05 bits per heavy atom. The minimum Gasteiger partial charge on any atom is -0.366 e. The molecule has 0 aliphatic rings. The zero-order valence-electron chi connectivity index (χ0n) is 10.6. The number of nitrogens with two attached hydrogens (primary N) is 1. The van der Waals surface area contributed by atoms with Crippen molar-refractivity contribution in [2.75, 3.05) is 0 Å². The maximum Gasteiger partial charge on any atom is 0.254 e. The molecule has 2 amide bonds. The molecule has 0 saturated heterocycles. The summed E-state index contributed by atoms with van der Waals surface area (Å²) in [6.07, 6.45) is 0. The van der Waals surface area contributed by atoms with Crippen molar-refractivity contribution in [3.63, 3.8) is 0 Å². The zero-order chi connectivity index (χ0) is 14.5. The van der Waals surface area contributed by atoms with Crippen molar-refractivity contribution >= 4 is 11.8 Å². The average molecular weight is 272 g/mol. The van der Waals surface area contributed by atoms with Crippen LogP contribution in [0.5, 0.6) is 0 Å². The van der Waals surface area contributed by atoms with Gasteiger partial charge in [-0.05, 0) is 29.8 Å². The molecule has 0 radical (unpaired) electrons. The number of primary amides is 1. The molecule has 2 aromatic rings. The van der Waals surface area contributed by atoms with Gasteiger partial charge < -0.3 is 11.1 Å². The second-order valence-corrected chi connectivity index (χ2v) is 4.22. The summed E-state index contributed by atoms with van der Waals surface area (Å²) in [5.74, 6) is -1.55. The van der Waals surface area contributed by atoms with Crippen LogP contribution >= 0.6 is 0 Å². The zero-order valence-corrected chi connectivity index (χ0v) is 10.6. The van der Waals surface area contributed by atoms with Gasteiger partial charge >= 0.3 is 0 Å². The fraction of sp³-hybridized carbons (Fsp3) is 0.0667. The third-order valence-electron chi connectivity index (χ3n) is 2.81. The fourth-order valence-corrected chi connectivity index (χ4v) is 1.71. The van der Waals surface area contributed by atoms with E-state index >= 15 is 0 Å². The molecule has 2 rings (SSSR count). The largest absolute Gasteiger partial charge is 0.366 e. The topological polar surface area (TPSA) is 72.2 Å². The molecule has 0 spiro atoms. The SMILES string of the molecule is NC(=O)c1ccc(CNC(=O)c2ccccc2F)cc1. The van der Waals surface area contributed by atoms with E-state index in [-0.39, 0.29) is 12.1 Å². The van der Waals surface area contributed by atoms with Gasteiger partial charge in [-0.25, -0.2) is 4.39 Å². The Balaban J connectivity index is 2.00. The highest BCUT2D eigenvalue weighted by molar-refractivity contribution is 5.94. The second-order valence-electron chi connectivity index (χ2n) is 4.22. The van der Waals surface area contributed by atoms with Crippen LogP contribution in [0.1, 0.15) is 26.3 Å². The van der Waals surface area contributed by atoms with Crippen LogP contribution in [-0.2, 0) is 6.54 Å². The fourth-order valence-electron chi connectivity index (χ4n) is 1.71. The molecule has 0 aromatic heterocycles. The van der Waals surface area contributed by atoms with E-state index in [1.165, 1.54) is 18.2 Å². The summed E-state index contributed by atoms with van der Waals surface area (Å²) in [5.41, 5.74) is 6.32. The van der Waals surface area contributed by atoms with Crippen molar-refractivity contribution in [2.45, 2.75) is 6.54 Å². The van der Waals surface area contributed by atoms with Gasteiger partial charge in [0.1, 0.15) is 5.82 Å². The van der Waals surface area contributed by atoms with E-state index in [0.29, 0.717) is 5.56 Å². The molecule has 0 unspecified atom stereocenters. The number of carbonyl (C=O) groups is 2. The number of hydrogen-bond donors (Lipinski definition) is 2. The second kappa shape index (κ2) is 5.97. The normalized spacial score (nSPS) is 10.1. The first kappa shape index (κ1) is 13.7. The third kappa shape index (κ3) is 3.20. The Morgan fingerprint density at radius 2 is 1.70 bits per heavy atom. The van der Waals surface area contributed by atoms with Crippen molar-refractivity contribution < 1.29 is 14.0 Å². The Hall–Kier alpha value is -2.69. The highest BCUT2D eigenvalue weighted by Gasteiger charge is 2.10. The van der Waals surface area contributed by atoms with Gasteiger partial charge in [-0.2, -0.15) is 0 Å². The van der Waals surface area contributed by atoms with Crippen LogP contribution in [0.2, 0.25) is 0 Å². The molecule has 0 bridgehead atoms. The first-order valence-corrected chi connectivity index (χ1v) is 5.99. The molecule has 0 saturated carbocycles. The highest BCUT2D eigenvalue weighted by atomic mass is 19.1. The van der Waals surface area contributed by atoms with Gasteiger partial charge in [0.25, 0.3) is 5.91 Å². The van der Waals surface area contributed by atoms with Gasteiger partial charge in [-0.1, -0.05) is 24.3 Å². The van der Waals surface area contributed by atoms with E-state index in [2.05, 4.69) is 5.32 Å². The number of hydrogen-bond acceptors (Lipinski definition) is 2. The van der Waals surface area contributed by atoms with Crippen molar-refractivity contribution in [1.29, 1.82) is 0 Å². The minimum absolute atomic E-state index is 0.00116. The smallest absolute Gasteiger partial charge is 0.254 e. The molecule has 0 fully saturated rings. The van der Waals surface area contributed by atoms with E-state index in [1.807, 2.05) is 0 Å².